The third-order valence-electron chi connectivity index (χ3n) is 2.53. The zero-order valence-electron chi connectivity index (χ0n) is 8.67. The Hall–Kier alpha value is -1.54. The maximum atomic E-state index is 13.2. The normalized spacial score (nSPS) is 10.4. The van der Waals surface area contributed by atoms with E-state index in [1.807, 2.05) is 19.1 Å². The summed E-state index contributed by atoms with van der Waals surface area (Å²) in [6.07, 6.45) is 0. The molecule has 0 heterocycles. The molecule has 2 rings (SSSR count). The van der Waals surface area contributed by atoms with E-state index in [9.17, 15) is 4.39 Å². The SMILES string of the molecule is Cc1c(Cl)cccc1-c1ccc(O)c(F)c1. The Morgan fingerprint density at radius 1 is 1.19 bits per heavy atom. The summed E-state index contributed by atoms with van der Waals surface area (Å²) in [6.45, 7) is 1.88. The molecule has 2 aromatic carbocycles. The number of halogens is 2. The summed E-state index contributed by atoms with van der Waals surface area (Å²) in [5, 5.41) is 9.76. The highest BCUT2D eigenvalue weighted by Crippen LogP contribution is 2.30. The van der Waals surface area contributed by atoms with Crippen LogP contribution in [0.5, 0.6) is 5.75 Å². The lowest BCUT2D eigenvalue weighted by Crippen LogP contribution is -1.85. The molecule has 0 radical (unpaired) electrons. The van der Waals surface area contributed by atoms with Gasteiger partial charge < -0.3 is 5.11 Å². The van der Waals surface area contributed by atoms with Gasteiger partial charge in [0.15, 0.2) is 11.6 Å². The number of aromatic hydroxyl groups is 1. The van der Waals surface area contributed by atoms with Crippen LogP contribution in [-0.4, -0.2) is 5.11 Å². The van der Waals surface area contributed by atoms with Crippen molar-refractivity contribution in [2.45, 2.75) is 6.92 Å². The molecule has 1 N–H and O–H groups in total. The minimum Gasteiger partial charge on any atom is -0.505 e. The Balaban J connectivity index is 2.59. The average Bonchev–Trinajstić information content (AvgIpc) is 2.26. The van der Waals surface area contributed by atoms with Crippen molar-refractivity contribution in [1.29, 1.82) is 0 Å². The van der Waals surface area contributed by atoms with Gasteiger partial charge in [0, 0.05) is 5.02 Å². The monoisotopic (exact) mass is 236 g/mol. The molecular weight excluding hydrogens is 227 g/mol. The van der Waals surface area contributed by atoms with E-state index in [-0.39, 0.29) is 5.75 Å². The van der Waals surface area contributed by atoms with Gasteiger partial charge in [-0.25, -0.2) is 4.39 Å². The van der Waals surface area contributed by atoms with Crippen LogP contribution in [0.4, 0.5) is 4.39 Å². The van der Waals surface area contributed by atoms with Crippen LogP contribution >= 0.6 is 11.6 Å². The molecule has 0 aliphatic heterocycles. The number of hydrogen-bond acceptors (Lipinski definition) is 1. The third-order valence-corrected chi connectivity index (χ3v) is 2.94. The first kappa shape index (κ1) is 11.0. The molecule has 0 atom stereocenters. The predicted octanol–water partition coefficient (Wildman–Crippen LogP) is 4.16. The molecule has 1 nitrogen and oxygen atoms in total. The van der Waals surface area contributed by atoms with Crippen LogP contribution in [0, 0.1) is 12.7 Å². The Morgan fingerprint density at radius 3 is 2.62 bits per heavy atom. The van der Waals surface area contributed by atoms with Crippen LogP contribution in [0.25, 0.3) is 11.1 Å². The number of benzene rings is 2. The molecule has 16 heavy (non-hydrogen) atoms. The molecule has 0 aliphatic rings. The summed E-state index contributed by atoms with van der Waals surface area (Å²) in [5.74, 6) is -0.972. The smallest absolute Gasteiger partial charge is 0.165 e. The molecule has 0 fully saturated rings. The number of phenolic OH excluding ortho intramolecular Hbond substituents is 1. The standard InChI is InChI=1S/C13H10ClFO/c1-8-10(3-2-4-11(8)14)9-5-6-13(16)12(15)7-9/h2-7,16H,1H3. The molecule has 0 unspecified atom stereocenters. The summed E-state index contributed by atoms with van der Waals surface area (Å²) in [7, 11) is 0. The van der Waals surface area contributed by atoms with Crippen molar-refractivity contribution >= 4 is 11.6 Å². The molecule has 2 aromatic rings. The van der Waals surface area contributed by atoms with E-state index in [4.69, 9.17) is 16.7 Å². The van der Waals surface area contributed by atoms with E-state index in [2.05, 4.69) is 0 Å². The Bertz CT molecular complexity index is 537. The highest BCUT2D eigenvalue weighted by atomic mass is 35.5. The molecule has 0 bridgehead atoms. The van der Waals surface area contributed by atoms with Crippen molar-refractivity contribution in [2.24, 2.45) is 0 Å². The number of hydrogen-bond donors (Lipinski definition) is 1. The van der Waals surface area contributed by atoms with E-state index < -0.39 is 5.82 Å². The van der Waals surface area contributed by atoms with Crippen LogP contribution in [0.15, 0.2) is 36.4 Å². The van der Waals surface area contributed by atoms with Gasteiger partial charge in [0.1, 0.15) is 0 Å². The van der Waals surface area contributed by atoms with E-state index in [1.54, 1.807) is 12.1 Å². The fourth-order valence-corrected chi connectivity index (χ4v) is 1.77. The van der Waals surface area contributed by atoms with E-state index in [0.29, 0.717) is 10.6 Å². The van der Waals surface area contributed by atoms with Gasteiger partial charge in [0.05, 0.1) is 0 Å². The van der Waals surface area contributed by atoms with Gasteiger partial charge in [-0.2, -0.15) is 0 Å². The fourth-order valence-electron chi connectivity index (χ4n) is 1.59. The summed E-state index contributed by atoms with van der Waals surface area (Å²) < 4.78 is 13.2. The Morgan fingerprint density at radius 2 is 1.94 bits per heavy atom. The molecule has 3 heteroatoms. The summed E-state index contributed by atoms with van der Waals surface area (Å²) in [4.78, 5) is 0. The second kappa shape index (κ2) is 4.14. The average molecular weight is 237 g/mol. The molecule has 0 aromatic heterocycles. The highest BCUT2D eigenvalue weighted by molar-refractivity contribution is 6.31. The Labute approximate surface area is 98.1 Å². The zero-order chi connectivity index (χ0) is 11.7. The first-order valence-corrected chi connectivity index (χ1v) is 5.21. The number of rotatable bonds is 1. The maximum Gasteiger partial charge on any atom is 0.165 e. The quantitative estimate of drug-likeness (QED) is 0.788. The molecule has 0 saturated carbocycles. The highest BCUT2D eigenvalue weighted by Gasteiger charge is 2.07. The molecule has 0 saturated heterocycles. The van der Waals surface area contributed by atoms with Crippen LogP contribution < -0.4 is 0 Å². The second-order valence-corrected chi connectivity index (χ2v) is 3.99. The first-order chi connectivity index (χ1) is 7.59. The topological polar surface area (TPSA) is 20.2 Å². The van der Waals surface area contributed by atoms with E-state index in [1.165, 1.54) is 12.1 Å². The predicted molar refractivity (Wildman–Crippen MR) is 63.2 cm³/mol. The van der Waals surface area contributed by atoms with Gasteiger partial charge in [-0.3, -0.25) is 0 Å². The van der Waals surface area contributed by atoms with Crippen molar-refractivity contribution in [1.82, 2.24) is 0 Å². The van der Waals surface area contributed by atoms with Gasteiger partial charge in [-0.05, 0) is 41.8 Å². The van der Waals surface area contributed by atoms with Crippen LogP contribution in [0.2, 0.25) is 5.02 Å². The third kappa shape index (κ3) is 1.89. The van der Waals surface area contributed by atoms with Crippen LogP contribution in [0.1, 0.15) is 5.56 Å². The lowest BCUT2D eigenvalue weighted by atomic mass is 10.0. The largest absolute Gasteiger partial charge is 0.505 e. The minimum absolute atomic E-state index is 0.344. The van der Waals surface area contributed by atoms with Crippen LogP contribution in [-0.2, 0) is 0 Å². The molecule has 0 aliphatic carbocycles. The van der Waals surface area contributed by atoms with E-state index in [0.717, 1.165) is 11.1 Å². The summed E-state index contributed by atoms with van der Waals surface area (Å²) >= 11 is 5.99. The van der Waals surface area contributed by atoms with Gasteiger partial charge in [-0.1, -0.05) is 29.8 Å². The first-order valence-electron chi connectivity index (χ1n) is 4.83. The van der Waals surface area contributed by atoms with Gasteiger partial charge >= 0.3 is 0 Å². The van der Waals surface area contributed by atoms with Crippen molar-refractivity contribution in [3.63, 3.8) is 0 Å². The summed E-state index contributed by atoms with van der Waals surface area (Å²) in [5.41, 5.74) is 2.47. The molecular formula is C13H10ClFO. The Kier molecular flexibility index (Phi) is 2.84. The van der Waals surface area contributed by atoms with Crippen molar-refractivity contribution in [3.8, 4) is 16.9 Å². The number of phenols is 1. The molecule has 0 amide bonds. The van der Waals surface area contributed by atoms with Gasteiger partial charge in [0.25, 0.3) is 0 Å². The van der Waals surface area contributed by atoms with Gasteiger partial charge in [0.2, 0.25) is 0 Å². The van der Waals surface area contributed by atoms with Crippen molar-refractivity contribution < 1.29 is 9.50 Å². The zero-order valence-corrected chi connectivity index (χ0v) is 9.42. The lowest BCUT2D eigenvalue weighted by molar-refractivity contribution is 0.432. The lowest BCUT2D eigenvalue weighted by Gasteiger charge is -2.08. The van der Waals surface area contributed by atoms with Crippen molar-refractivity contribution in [2.75, 3.05) is 0 Å². The van der Waals surface area contributed by atoms with Gasteiger partial charge in [-0.15, -0.1) is 0 Å². The minimum atomic E-state index is -0.628. The fraction of sp³-hybridized carbons (Fsp3) is 0.0769. The molecule has 0 spiro atoms. The van der Waals surface area contributed by atoms with Crippen LogP contribution in [0.3, 0.4) is 0 Å². The molecule has 82 valence electrons. The summed E-state index contributed by atoms with van der Waals surface area (Å²) in [6, 6.07) is 9.77. The van der Waals surface area contributed by atoms with Crippen molar-refractivity contribution in [3.05, 3.63) is 52.8 Å². The van der Waals surface area contributed by atoms with E-state index >= 15 is 0 Å². The second-order valence-electron chi connectivity index (χ2n) is 3.58. The maximum absolute atomic E-state index is 13.2.